The average molecular weight is 171 g/mol. The van der Waals surface area contributed by atoms with Gasteiger partial charge in [0.05, 0.1) is 6.10 Å². The van der Waals surface area contributed by atoms with Gasteiger partial charge in [-0.15, -0.1) is 0 Å². The van der Waals surface area contributed by atoms with Gasteiger partial charge in [0.2, 0.25) is 0 Å². The lowest BCUT2D eigenvalue weighted by Gasteiger charge is -2.22. The van der Waals surface area contributed by atoms with Gasteiger partial charge in [-0.2, -0.15) is 0 Å². The van der Waals surface area contributed by atoms with Crippen molar-refractivity contribution in [1.82, 2.24) is 5.32 Å². The molecule has 0 aromatic heterocycles. The van der Waals surface area contributed by atoms with Crippen LogP contribution < -0.4 is 5.32 Å². The van der Waals surface area contributed by atoms with Crippen molar-refractivity contribution >= 4 is 0 Å². The molecule has 0 bridgehead atoms. The van der Waals surface area contributed by atoms with E-state index in [0.717, 1.165) is 19.7 Å². The zero-order valence-electron chi connectivity index (χ0n) is 8.14. The molecule has 0 radical (unpaired) electrons. The summed E-state index contributed by atoms with van der Waals surface area (Å²) in [5.41, 5.74) is 0. The number of nitrogens with one attached hydrogen (secondary N) is 1. The van der Waals surface area contributed by atoms with E-state index in [1.54, 1.807) is 0 Å². The molecule has 1 rings (SSSR count). The van der Waals surface area contributed by atoms with E-state index in [2.05, 4.69) is 12.2 Å². The Kier molecular flexibility index (Phi) is 5.37. The summed E-state index contributed by atoms with van der Waals surface area (Å²) in [5, 5.41) is 3.43. The van der Waals surface area contributed by atoms with E-state index in [4.69, 9.17) is 4.74 Å². The lowest BCUT2D eigenvalue weighted by Crippen LogP contribution is -2.32. The van der Waals surface area contributed by atoms with Crippen molar-refractivity contribution in [1.29, 1.82) is 0 Å². The molecule has 1 aliphatic rings. The second-order valence-corrected chi connectivity index (χ2v) is 3.55. The molecule has 0 spiro atoms. The molecule has 1 aliphatic heterocycles. The quantitative estimate of drug-likeness (QED) is 0.638. The smallest absolute Gasteiger partial charge is 0.0699 e. The van der Waals surface area contributed by atoms with Gasteiger partial charge in [-0.05, 0) is 32.2 Å². The molecule has 1 saturated heterocycles. The lowest BCUT2D eigenvalue weighted by atomic mass is 10.1. The van der Waals surface area contributed by atoms with Crippen molar-refractivity contribution in [3.05, 3.63) is 0 Å². The maximum absolute atomic E-state index is 5.60. The first-order valence-electron chi connectivity index (χ1n) is 5.26. The zero-order chi connectivity index (χ0) is 8.65. The first-order chi connectivity index (χ1) is 5.93. The highest BCUT2D eigenvalue weighted by molar-refractivity contribution is 4.65. The van der Waals surface area contributed by atoms with Crippen LogP contribution in [0, 0.1) is 0 Å². The van der Waals surface area contributed by atoms with Gasteiger partial charge in [0.1, 0.15) is 0 Å². The van der Waals surface area contributed by atoms with Gasteiger partial charge in [0.15, 0.2) is 0 Å². The zero-order valence-corrected chi connectivity index (χ0v) is 8.14. The van der Waals surface area contributed by atoms with Crippen molar-refractivity contribution in [2.45, 2.75) is 45.1 Å². The molecule has 0 amide bonds. The second kappa shape index (κ2) is 6.44. The Hall–Kier alpha value is -0.0800. The van der Waals surface area contributed by atoms with Crippen LogP contribution in [0.4, 0.5) is 0 Å². The van der Waals surface area contributed by atoms with E-state index in [1.165, 1.54) is 32.1 Å². The van der Waals surface area contributed by atoms with Crippen molar-refractivity contribution in [3.8, 4) is 0 Å². The van der Waals surface area contributed by atoms with Gasteiger partial charge in [0, 0.05) is 13.2 Å². The van der Waals surface area contributed by atoms with Crippen LogP contribution >= 0.6 is 0 Å². The van der Waals surface area contributed by atoms with Gasteiger partial charge in [-0.3, -0.25) is 0 Å². The summed E-state index contributed by atoms with van der Waals surface area (Å²) in [6.45, 7) is 5.40. The molecule has 1 fully saturated rings. The van der Waals surface area contributed by atoms with Crippen molar-refractivity contribution < 1.29 is 4.74 Å². The molecule has 1 N–H and O–H groups in total. The summed E-state index contributed by atoms with van der Waals surface area (Å²) in [6, 6.07) is 0. The summed E-state index contributed by atoms with van der Waals surface area (Å²) < 4.78 is 5.60. The van der Waals surface area contributed by atoms with Gasteiger partial charge < -0.3 is 10.1 Å². The molecular formula is C10H21NO. The van der Waals surface area contributed by atoms with Crippen molar-refractivity contribution in [2.24, 2.45) is 0 Å². The Bertz CT molecular complexity index is 100. The predicted molar refractivity (Wildman–Crippen MR) is 51.4 cm³/mol. The van der Waals surface area contributed by atoms with Gasteiger partial charge >= 0.3 is 0 Å². The predicted octanol–water partition coefficient (Wildman–Crippen LogP) is 1.95. The molecular weight excluding hydrogens is 150 g/mol. The summed E-state index contributed by atoms with van der Waals surface area (Å²) in [5.74, 6) is 0. The summed E-state index contributed by atoms with van der Waals surface area (Å²) in [7, 11) is 0. The van der Waals surface area contributed by atoms with Crippen LogP contribution in [0.25, 0.3) is 0 Å². The molecule has 72 valence electrons. The minimum Gasteiger partial charge on any atom is -0.377 e. The van der Waals surface area contributed by atoms with E-state index >= 15 is 0 Å². The first-order valence-corrected chi connectivity index (χ1v) is 5.26. The summed E-state index contributed by atoms with van der Waals surface area (Å²) in [6.07, 6.45) is 6.91. The summed E-state index contributed by atoms with van der Waals surface area (Å²) >= 11 is 0. The molecule has 1 unspecified atom stereocenters. The number of hydrogen-bond donors (Lipinski definition) is 1. The highest BCUT2D eigenvalue weighted by Gasteiger charge is 2.12. The fourth-order valence-electron chi connectivity index (χ4n) is 1.53. The Morgan fingerprint density at radius 2 is 2.33 bits per heavy atom. The first kappa shape index (κ1) is 10.0. The van der Waals surface area contributed by atoms with Crippen LogP contribution in [0.3, 0.4) is 0 Å². The monoisotopic (exact) mass is 171 g/mol. The Morgan fingerprint density at radius 3 is 3.00 bits per heavy atom. The van der Waals surface area contributed by atoms with Crippen molar-refractivity contribution in [2.75, 3.05) is 19.7 Å². The van der Waals surface area contributed by atoms with Crippen LogP contribution in [0.5, 0.6) is 0 Å². The molecule has 0 aliphatic carbocycles. The van der Waals surface area contributed by atoms with Gasteiger partial charge in [0.25, 0.3) is 0 Å². The van der Waals surface area contributed by atoms with E-state index < -0.39 is 0 Å². The van der Waals surface area contributed by atoms with Crippen LogP contribution in [-0.2, 0) is 4.74 Å². The Labute approximate surface area is 75.7 Å². The second-order valence-electron chi connectivity index (χ2n) is 3.55. The Morgan fingerprint density at radius 1 is 1.42 bits per heavy atom. The molecule has 0 aromatic rings. The molecule has 0 saturated carbocycles. The highest BCUT2D eigenvalue weighted by atomic mass is 16.5. The Balaban J connectivity index is 1.91. The largest absolute Gasteiger partial charge is 0.377 e. The maximum atomic E-state index is 5.60. The third-order valence-corrected chi connectivity index (χ3v) is 2.35. The molecule has 12 heavy (non-hydrogen) atoms. The van der Waals surface area contributed by atoms with E-state index in [0.29, 0.717) is 6.10 Å². The topological polar surface area (TPSA) is 21.3 Å². The van der Waals surface area contributed by atoms with E-state index in [-0.39, 0.29) is 0 Å². The fourth-order valence-corrected chi connectivity index (χ4v) is 1.53. The fraction of sp³-hybridized carbons (Fsp3) is 1.00. The third kappa shape index (κ3) is 4.07. The maximum Gasteiger partial charge on any atom is 0.0699 e. The SMILES string of the molecule is CCCCNCC1CCCCO1. The minimum absolute atomic E-state index is 0.496. The van der Waals surface area contributed by atoms with Gasteiger partial charge in [-0.25, -0.2) is 0 Å². The van der Waals surface area contributed by atoms with Gasteiger partial charge in [-0.1, -0.05) is 13.3 Å². The van der Waals surface area contributed by atoms with Crippen LogP contribution in [0.1, 0.15) is 39.0 Å². The molecule has 2 heteroatoms. The standard InChI is InChI=1S/C10H21NO/c1-2-3-7-11-9-10-6-4-5-8-12-10/h10-11H,2-9H2,1H3. The lowest BCUT2D eigenvalue weighted by molar-refractivity contribution is 0.0170. The van der Waals surface area contributed by atoms with Crippen LogP contribution in [0.15, 0.2) is 0 Å². The molecule has 1 atom stereocenters. The number of hydrogen-bond acceptors (Lipinski definition) is 2. The van der Waals surface area contributed by atoms with Crippen LogP contribution in [0.2, 0.25) is 0 Å². The normalized spacial score (nSPS) is 24.2. The number of unbranched alkanes of at least 4 members (excludes halogenated alkanes) is 1. The van der Waals surface area contributed by atoms with E-state index in [1.807, 2.05) is 0 Å². The van der Waals surface area contributed by atoms with Crippen molar-refractivity contribution in [3.63, 3.8) is 0 Å². The molecule has 1 heterocycles. The third-order valence-electron chi connectivity index (χ3n) is 2.35. The molecule has 2 nitrogen and oxygen atoms in total. The minimum atomic E-state index is 0.496. The highest BCUT2D eigenvalue weighted by Crippen LogP contribution is 2.11. The average Bonchev–Trinajstić information content (AvgIpc) is 2.14. The van der Waals surface area contributed by atoms with E-state index in [9.17, 15) is 0 Å². The summed E-state index contributed by atoms with van der Waals surface area (Å²) in [4.78, 5) is 0. The van der Waals surface area contributed by atoms with Crippen LogP contribution in [-0.4, -0.2) is 25.8 Å². The molecule has 0 aromatic carbocycles. The number of rotatable bonds is 5. The number of ether oxygens (including phenoxy) is 1.